The largest absolute Gasteiger partial charge is 0.478 e. The number of hydrogen-bond donors (Lipinski definition) is 1. The maximum absolute atomic E-state index is 12.2. The Bertz CT molecular complexity index is 592. The van der Waals surface area contributed by atoms with Gasteiger partial charge in [-0.05, 0) is 45.4 Å². The van der Waals surface area contributed by atoms with E-state index in [-0.39, 0.29) is 12.1 Å². The van der Waals surface area contributed by atoms with Crippen LogP contribution in [0.25, 0.3) is 0 Å². The van der Waals surface area contributed by atoms with E-state index in [2.05, 4.69) is 4.90 Å². The minimum absolute atomic E-state index is 0.0758. The summed E-state index contributed by atoms with van der Waals surface area (Å²) in [7, 11) is 0. The summed E-state index contributed by atoms with van der Waals surface area (Å²) < 4.78 is 5.45. The monoisotopic (exact) mass is 334 g/mol. The quantitative estimate of drug-likeness (QED) is 0.920. The average Bonchev–Trinajstić information content (AvgIpc) is 2.46. The molecule has 0 radical (unpaired) electrons. The van der Waals surface area contributed by atoms with Crippen molar-refractivity contribution >= 4 is 12.1 Å². The number of hydrogen-bond acceptors (Lipinski definition) is 4. The molecule has 1 amide bonds. The van der Waals surface area contributed by atoms with Crippen LogP contribution in [0.2, 0.25) is 0 Å². The molecule has 0 unspecified atom stereocenters. The van der Waals surface area contributed by atoms with Crippen LogP contribution in [0.1, 0.15) is 43.6 Å². The lowest BCUT2D eigenvalue weighted by atomic mass is 10.1. The van der Waals surface area contributed by atoms with E-state index in [1.165, 1.54) is 0 Å². The minimum Gasteiger partial charge on any atom is -0.478 e. The molecule has 0 aliphatic carbocycles. The summed E-state index contributed by atoms with van der Waals surface area (Å²) in [4.78, 5) is 27.1. The van der Waals surface area contributed by atoms with Crippen molar-refractivity contribution < 1.29 is 19.4 Å². The van der Waals surface area contributed by atoms with Crippen molar-refractivity contribution in [3.8, 4) is 0 Å². The number of aromatic carboxylic acids is 1. The number of ether oxygens (including phenoxy) is 1. The Hall–Kier alpha value is -2.08. The van der Waals surface area contributed by atoms with E-state index in [0.717, 1.165) is 25.2 Å². The maximum Gasteiger partial charge on any atom is 0.410 e. The molecule has 1 aliphatic rings. The van der Waals surface area contributed by atoms with E-state index in [4.69, 9.17) is 9.84 Å². The van der Waals surface area contributed by atoms with Gasteiger partial charge in [0.2, 0.25) is 0 Å². The van der Waals surface area contributed by atoms with Crippen LogP contribution >= 0.6 is 0 Å². The van der Waals surface area contributed by atoms with E-state index in [0.29, 0.717) is 12.1 Å². The molecule has 0 aromatic heterocycles. The highest BCUT2D eigenvalue weighted by molar-refractivity contribution is 5.87. The summed E-state index contributed by atoms with van der Waals surface area (Å²) in [6.07, 6.45) is -0.263. The Morgan fingerprint density at radius 1 is 1.21 bits per heavy atom. The van der Waals surface area contributed by atoms with Crippen molar-refractivity contribution in [2.45, 2.75) is 45.9 Å². The number of benzene rings is 1. The molecule has 6 nitrogen and oxygen atoms in total. The topological polar surface area (TPSA) is 70.1 Å². The lowest BCUT2D eigenvalue weighted by Crippen LogP contribution is -2.54. The fourth-order valence-corrected chi connectivity index (χ4v) is 2.78. The summed E-state index contributed by atoms with van der Waals surface area (Å²) in [5.41, 5.74) is 0.875. The first kappa shape index (κ1) is 18.3. The van der Waals surface area contributed by atoms with Crippen molar-refractivity contribution in [2.75, 3.05) is 19.6 Å². The molecule has 1 heterocycles. The Kier molecular flexibility index (Phi) is 5.49. The Labute approximate surface area is 143 Å². The lowest BCUT2D eigenvalue weighted by Gasteiger charge is -2.40. The molecule has 1 aliphatic heterocycles. The second kappa shape index (κ2) is 7.21. The third-order valence-electron chi connectivity index (χ3n) is 3.95. The molecule has 2 rings (SSSR count). The molecule has 1 saturated heterocycles. The molecule has 6 heteroatoms. The van der Waals surface area contributed by atoms with Gasteiger partial charge in [-0.1, -0.05) is 12.1 Å². The van der Waals surface area contributed by atoms with Crippen LogP contribution < -0.4 is 0 Å². The molecule has 1 aromatic rings. The Morgan fingerprint density at radius 3 is 2.33 bits per heavy atom. The highest BCUT2D eigenvalue weighted by Gasteiger charge is 2.30. The first-order valence-electron chi connectivity index (χ1n) is 8.20. The van der Waals surface area contributed by atoms with Crippen LogP contribution in [0.3, 0.4) is 0 Å². The van der Waals surface area contributed by atoms with Gasteiger partial charge in [0.25, 0.3) is 0 Å². The van der Waals surface area contributed by atoms with Crippen LogP contribution in [0.5, 0.6) is 0 Å². The normalized spacial score (nSPS) is 19.2. The third-order valence-corrected chi connectivity index (χ3v) is 3.95. The van der Waals surface area contributed by atoms with Gasteiger partial charge in [0, 0.05) is 32.2 Å². The third kappa shape index (κ3) is 4.96. The lowest BCUT2D eigenvalue weighted by molar-refractivity contribution is 0.000553. The number of nitrogens with zero attached hydrogens (tertiary/aromatic N) is 2. The molecule has 24 heavy (non-hydrogen) atoms. The second-order valence-corrected chi connectivity index (χ2v) is 7.26. The Morgan fingerprint density at radius 2 is 1.83 bits per heavy atom. The zero-order chi connectivity index (χ0) is 17.9. The summed E-state index contributed by atoms with van der Waals surface area (Å²) in [6.45, 7) is 10.5. The van der Waals surface area contributed by atoms with E-state index >= 15 is 0 Å². The minimum atomic E-state index is -0.916. The summed E-state index contributed by atoms with van der Waals surface area (Å²) in [6, 6.07) is 7.01. The number of piperazine rings is 1. The number of carboxylic acid groups (broad SMARTS) is 1. The van der Waals surface area contributed by atoms with Gasteiger partial charge in [0.15, 0.2) is 0 Å². The number of amides is 1. The van der Waals surface area contributed by atoms with Crippen LogP contribution in [-0.2, 0) is 11.3 Å². The van der Waals surface area contributed by atoms with Gasteiger partial charge < -0.3 is 14.7 Å². The highest BCUT2D eigenvalue weighted by Crippen LogP contribution is 2.17. The van der Waals surface area contributed by atoms with Gasteiger partial charge >= 0.3 is 12.1 Å². The second-order valence-electron chi connectivity index (χ2n) is 7.26. The van der Waals surface area contributed by atoms with Gasteiger partial charge in [-0.2, -0.15) is 0 Å². The van der Waals surface area contributed by atoms with E-state index in [1.54, 1.807) is 17.0 Å². The molecule has 1 N–H and O–H groups in total. The van der Waals surface area contributed by atoms with Crippen LogP contribution in [0.15, 0.2) is 24.3 Å². The maximum atomic E-state index is 12.2. The molecule has 0 bridgehead atoms. The van der Waals surface area contributed by atoms with Gasteiger partial charge in [0.05, 0.1) is 5.56 Å². The molecular weight excluding hydrogens is 308 g/mol. The predicted octanol–water partition coefficient (Wildman–Crippen LogP) is 2.83. The zero-order valence-corrected chi connectivity index (χ0v) is 14.8. The average molecular weight is 334 g/mol. The van der Waals surface area contributed by atoms with Crippen molar-refractivity contribution in [3.63, 3.8) is 0 Å². The number of carboxylic acids is 1. The van der Waals surface area contributed by atoms with E-state index in [1.807, 2.05) is 39.8 Å². The van der Waals surface area contributed by atoms with Crippen LogP contribution in [0.4, 0.5) is 4.79 Å². The number of carbonyl (C=O) groups is 2. The van der Waals surface area contributed by atoms with E-state index < -0.39 is 11.6 Å². The molecule has 1 atom stereocenters. The first-order chi connectivity index (χ1) is 11.2. The van der Waals surface area contributed by atoms with Gasteiger partial charge in [-0.25, -0.2) is 9.59 Å². The fourth-order valence-electron chi connectivity index (χ4n) is 2.78. The van der Waals surface area contributed by atoms with Gasteiger partial charge in [0.1, 0.15) is 5.60 Å². The molecule has 1 fully saturated rings. The van der Waals surface area contributed by atoms with Crippen molar-refractivity contribution in [1.29, 1.82) is 0 Å². The highest BCUT2D eigenvalue weighted by atomic mass is 16.6. The standard InChI is InChI=1S/C18H26N2O4/c1-13-11-19(9-10-20(13)17(23)24-18(2,3)4)12-14-5-7-15(8-6-14)16(21)22/h5-8,13H,9-12H2,1-4H3,(H,21,22)/t13-/m0/s1. The van der Waals surface area contributed by atoms with Crippen LogP contribution in [-0.4, -0.2) is 58.2 Å². The molecular formula is C18H26N2O4. The smallest absolute Gasteiger partial charge is 0.410 e. The van der Waals surface area contributed by atoms with Crippen LogP contribution in [0, 0.1) is 0 Å². The Balaban J connectivity index is 1.91. The SMILES string of the molecule is C[C@H]1CN(Cc2ccc(C(=O)O)cc2)CCN1C(=O)OC(C)(C)C. The van der Waals surface area contributed by atoms with Crippen molar-refractivity contribution in [2.24, 2.45) is 0 Å². The molecule has 0 spiro atoms. The van der Waals surface area contributed by atoms with Crippen molar-refractivity contribution in [1.82, 2.24) is 9.80 Å². The molecule has 1 aromatic carbocycles. The fraction of sp³-hybridized carbons (Fsp3) is 0.556. The van der Waals surface area contributed by atoms with E-state index in [9.17, 15) is 9.59 Å². The van der Waals surface area contributed by atoms with Gasteiger partial charge in [-0.15, -0.1) is 0 Å². The molecule has 0 saturated carbocycles. The van der Waals surface area contributed by atoms with Crippen molar-refractivity contribution in [3.05, 3.63) is 35.4 Å². The summed E-state index contributed by atoms with van der Waals surface area (Å²) >= 11 is 0. The summed E-state index contributed by atoms with van der Waals surface area (Å²) in [5, 5.41) is 8.93. The summed E-state index contributed by atoms with van der Waals surface area (Å²) in [5.74, 6) is -0.916. The number of carbonyl (C=O) groups excluding carboxylic acids is 1. The van der Waals surface area contributed by atoms with Gasteiger partial charge in [-0.3, -0.25) is 4.90 Å². The molecule has 132 valence electrons. The predicted molar refractivity (Wildman–Crippen MR) is 91.1 cm³/mol. The number of rotatable bonds is 3. The zero-order valence-electron chi connectivity index (χ0n) is 14.8. The first-order valence-corrected chi connectivity index (χ1v) is 8.20.